The molecule has 0 saturated carbocycles. The van der Waals surface area contributed by atoms with Crippen LogP contribution in [0.4, 0.5) is 0 Å². The average molecular weight is 273 g/mol. The predicted octanol–water partition coefficient (Wildman–Crippen LogP) is 2.97. The molecule has 0 aliphatic carbocycles. The zero-order chi connectivity index (χ0) is 13.4. The summed E-state index contributed by atoms with van der Waals surface area (Å²) in [6.45, 7) is 3.70. The quantitative estimate of drug-likeness (QED) is 0.771. The third-order valence-corrected chi connectivity index (χ3v) is 4.34. The third-order valence-electron chi connectivity index (χ3n) is 3.01. The molecule has 4 nitrogen and oxygen atoms in total. The van der Waals surface area contributed by atoms with Crippen molar-refractivity contribution in [2.45, 2.75) is 26.4 Å². The van der Waals surface area contributed by atoms with Gasteiger partial charge in [-0.1, -0.05) is 12.1 Å². The van der Waals surface area contributed by atoms with E-state index in [0.29, 0.717) is 6.42 Å². The Morgan fingerprint density at radius 1 is 1.32 bits per heavy atom. The molecule has 0 amide bonds. The van der Waals surface area contributed by atoms with Crippen molar-refractivity contribution in [3.63, 3.8) is 0 Å². The summed E-state index contributed by atoms with van der Waals surface area (Å²) in [7, 11) is 0. The molecule has 0 bridgehead atoms. The number of hydrogen-bond donors (Lipinski definition) is 2. The minimum Gasteiger partial charge on any atom is -0.388 e. The summed E-state index contributed by atoms with van der Waals surface area (Å²) in [4.78, 5) is 13.3. The van der Waals surface area contributed by atoms with Gasteiger partial charge in [0.05, 0.1) is 34.1 Å². The number of aliphatic hydroxyl groups excluding tert-OH is 1. The topological polar surface area (TPSA) is 61.8 Å². The molecular weight excluding hydrogens is 258 g/mol. The highest BCUT2D eigenvalue weighted by molar-refractivity contribution is 7.11. The van der Waals surface area contributed by atoms with Crippen LogP contribution in [-0.4, -0.2) is 20.1 Å². The normalized spacial score (nSPS) is 13.0. The van der Waals surface area contributed by atoms with E-state index in [9.17, 15) is 5.11 Å². The van der Waals surface area contributed by atoms with E-state index in [0.717, 1.165) is 32.4 Å². The minimum absolute atomic E-state index is 0.457. The van der Waals surface area contributed by atoms with Gasteiger partial charge in [-0.2, -0.15) is 0 Å². The van der Waals surface area contributed by atoms with Gasteiger partial charge in [0, 0.05) is 0 Å². The summed E-state index contributed by atoms with van der Waals surface area (Å²) < 4.78 is 0. The monoisotopic (exact) mass is 273 g/mol. The van der Waals surface area contributed by atoms with Gasteiger partial charge < -0.3 is 10.1 Å². The molecule has 0 aliphatic heterocycles. The lowest BCUT2D eigenvalue weighted by molar-refractivity contribution is 0.202. The van der Waals surface area contributed by atoms with E-state index in [1.807, 2.05) is 31.2 Å². The molecule has 2 heterocycles. The first kappa shape index (κ1) is 12.3. The number of fused-ring (bicyclic) bond motifs is 1. The van der Waals surface area contributed by atoms with E-state index in [-0.39, 0.29) is 0 Å². The van der Waals surface area contributed by atoms with E-state index in [1.54, 1.807) is 18.3 Å². The van der Waals surface area contributed by atoms with Crippen LogP contribution in [0.2, 0.25) is 0 Å². The Bertz CT molecular complexity index is 681. The predicted molar refractivity (Wildman–Crippen MR) is 76.4 cm³/mol. The highest BCUT2D eigenvalue weighted by atomic mass is 32.1. The lowest BCUT2D eigenvalue weighted by atomic mass is 10.3. The molecule has 3 rings (SSSR count). The molecule has 19 heavy (non-hydrogen) atoms. The van der Waals surface area contributed by atoms with Gasteiger partial charge >= 0.3 is 0 Å². The Morgan fingerprint density at radius 3 is 2.79 bits per heavy atom. The molecule has 0 saturated heterocycles. The zero-order valence-electron chi connectivity index (χ0n) is 10.8. The minimum atomic E-state index is -0.457. The molecule has 1 aromatic carbocycles. The molecule has 3 aromatic rings. The summed E-state index contributed by atoms with van der Waals surface area (Å²) in [5.74, 6) is 0.909. The number of rotatable bonds is 3. The Balaban J connectivity index is 1.90. The Kier molecular flexibility index (Phi) is 3.08. The maximum absolute atomic E-state index is 9.65. The Hall–Kier alpha value is -1.72. The van der Waals surface area contributed by atoms with Crippen molar-refractivity contribution in [1.82, 2.24) is 15.0 Å². The first-order valence-corrected chi connectivity index (χ1v) is 7.03. The number of nitrogens with one attached hydrogen (secondary N) is 1. The van der Waals surface area contributed by atoms with Crippen LogP contribution in [0.5, 0.6) is 0 Å². The molecule has 1 atom stereocenters. The smallest absolute Gasteiger partial charge is 0.114 e. The van der Waals surface area contributed by atoms with E-state index in [1.165, 1.54) is 0 Å². The largest absolute Gasteiger partial charge is 0.388 e. The number of aryl methyl sites for hydroxylation is 1. The first-order valence-electron chi connectivity index (χ1n) is 6.21. The summed E-state index contributed by atoms with van der Waals surface area (Å²) >= 11 is 1.55. The first-order chi connectivity index (χ1) is 9.13. The van der Waals surface area contributed by atoms with E-state index in [2.05, 4.69) is 15.0 Å². The molecule has 2 aromatic heterocycles. The third kappa shape index (κ3) is 2.39. The molecule has 0 aliphatic rings. The number of hydrogen-bond acceptors (Lipinski definition) is 4. The summed E-state index contributed by atoms with van der Waals surface area (Å²) in [5.41, 5.74) is 2.93. The van der Waals surface area contributed by atoms with Crippen molar-refractivity contribution in [2.24, 2.45) is 0 Å². The molecule has 5 heteroatoms. The second-order valence-electron chi connectivity index (χ2n) is 4.61. The van der Waals surface area contributed by atoms with Crippen LogP contribution in [0, 0.1) is 6.92 Å². The van der Waals surface area contributed by atoms with Crippen LogP contribution in [0.15, 0.2) is 24.3 Å². The molecule has 98 valence electrons. The van der Waals surface area contributed by atoms with E-state index in [4.69, 9.17) is 0 Å². The molecule has 0 spiro atoms. The number of imidazole rings is 1. The van der Waals surface area contributed by atoms with Crippen molar-refractivity contribution in [2.75, 3.05) is 0 Å². The summed E-state index contributed by atoms with van der Waals surface area (Å²) in [5, 5.41) is 10.6. The molecule has 0 radical (unpaired) electrons. The lowest BCUT2D eigenvalue weighted by Crippen LogP contribution is -1.90. The van der Waals surface area contributed by atoms with Gasteiger partial charge in [0.15, 0.2) is 0 Å². The average Bonchev–Trinajstić information content (AvgIpc) is 2.92. The fourth-order valence-electron chi connectivity index (χ4n) is 2.16. The van der Waals surface area contributed by atoms with Crippen molar-refractivity contribution in [1.29, 1.82) is 0 Å². The van der Waals surface area contributed by atoms with Gasteiger partial charge in [-0.25, -0.2) is 9.97 Å². The van der Waals surface area contributed by atoms with Gasteiger partial charge in [-0.15, -0.1) is 11.3 Å². The van der Waals surface area contributed by atoms with Gasteiger partial charge in [-0.05, 0) is 26.0 Å². The number of para-hydroxylation sites is 2. The number of nitrogens with zero attached hydrogens (tertiary/aromatic N) is 2. The van der Waals surface area contributed by atoms with Gasteiger partial charge in [0.2, 0.25) is 0 Å². The number of H-pyrrole nitrogens is 1. The second kappa shape index (κ2) is 4.75. The molecule has 0 fully saturated rings. The molecule has 1 unspecified atom stereocenters. The highest BCUT2D eigenvalue weighted by Gasteiger charge is 2.13. The van der Waals surface area contributed by atoms with Crippen LogP contribution in [0.1, 0.15) is 34.4 Å². The van der Waals surface area contributed by atoms with Crippen LogP contribution in [0.25, 0.3) is 11.0 Å². The van der Waals surface area contributed by atoms with Gasteiger partial charge in [0.1, 0.15) is 10.8 Å². The Labute approximate surface area is 115 Å². The van der Waals surface area contributed by atoms with Crippen LogP contribution < -0.4 is 0 Å². The van der Waals surface area contributed by atoms with Crippen molar-refractivity contribution < 1.29 is 5.11 Å². The lowest BCUT2D eigenvalue weighted by Gasteiger charge is -1.98. The van der Waals surface area contributed by atoms with E-state index < -0.39 is 6.10 Å². The van der Waals surface area contributed by atoms with Crippen LogP contribution in [0.3, 0.4) is 0 Å². The maximum Gasteiger partial charge on any atom is 0.114 e. The van der Waals surface area contributed by atoms with Crippen LogP contribution >= 0.6 is 11.3 Å². The fraction of sp³-hybridized carbons (Fsp3) is 0.286. The SMILES string of the molecule is Cc1nc(Cc2nc3ccccc3[nH]2)sc1C(C)O. The number of aromatic amines is 1. The number of aliphatic hydroxyl groups is 1. The summed E-state index contributed by atoms with van der Waals surface area (Å²) in [6, 6.07) is 7.97. The number of thiazole rings is 1. The Morgan fingerprint density at radius 2 is 2.11 bits per heavy atom. The molecular formula is C14H15N3OS. The van der Waals surface area contributed by atoms with Crippen LogP contribution in [-0.2, 0) is 6.42 Å². The number of benzene rings is 1. The number of aromatic nitrogens is 3. The second-order valence-corrected chi connectivity index (χ2v) is 5.73. The fourth-order valence-corrected chi connectivity index (χ4v) is 3.17. The summed E-state index contributed by atoms with van der Waals surface area (Å²) in [6.07, 6.45) is 0.217. The maximum atomic E-state index is 9.65. The zero-order valence-corrected chi connectivity index (χ0v) is 11.7. The van der Waals surface area contributed by atoms with Gasteiger partial charge in [-0.3, -0.25) is 0 Å². The standard InChI is InChI=1S/C14H15N3OS/c1-8-14(9(2)18)19-13(15-8)7-12-16-10-5-3-4-6-11(10)17-12/h3-6,9,18H,7H2,1-2H3,(H,16,17). The van der Waals surface area contributed by atoms with Crippen molar-refractivity contribution in [3.8, 4) is 0 Å². The van der Waals surface area contributed by atoms with E-state index >= 15 is 0 Å². The van der Waals surface area contributed by atoms with Crippen molar-refractivity contribution >= 4 is 22.4 Å². The van der Waals surface area contributed by atoms with Gasteiger partial charge in [0.25, 0.3) is 0 Å². The molecule has 2 N–H and O–H groups in total. The highest BCUT2D eigenvalue weighted by Crippen LogP contribution is 2.26. The van der Waals surface area contributed by atoms with Crippen molar-refractivity contribution in [3.05, 3.63) is 45.7 Å².